The van der Waals surface area contributed by atoms with E-state index in [-0.39, 0.29) is 0 Å². The molecule has 0 bridgehead atoms. The van der Waals surface area contributed by atoms with E-state index in [9.17, 15) is 0 Å². The van der Waals surface area contributed by atoms with Gasteiger partial charge in [0.2, 0.25) is 5.16 Å². The van der Waals surface area contributed by atoms with E-state index < -0.39 is 0 Å². The normalized spacial score (nSPS) is 11.1. The summed E-state index contributed by atoms with van der Waals surface area (Å²) in [5.41, 5.74) is 2.24. The van der Waals surface area contributed by atoms with Gasteiger partial charge in [-0.25, -0.2) is 0 Å². The zero-order valence-electron chi connectivity index (χ0n) is 10.3. The predicted molar refractivity (Wildman–Crippen MR) is 69.5 cm³/mol. The van der Waals surface area contributed by atoms with Crippen molar-refractivity contribution in [2.24, 2.45) is 5.92 Å². The van der Waals surface area contributed by atoms with Gasteiger partial charge in [0, 0.05) is 5.75 Å². The molecular formula is C12H16N4S. The Hall–Kier alpha value is -1.36. The van der Waals surface area contributed by atoms with Crippen molar-refractivity contribution < 1.29 is 0 Å². The molecule has 0 N–H and O–H groups in total. The van der Waals surface area contributed by atoms with Gasteiger partial charge in [0.15, 0.2) is 0 Å². The SMILES string of the molecule is Cc1ccc(-n2nnnc2SCC(C)C)cc1. The Morgan fingerprint density at radius 1 is 1.24 bits per heavy atom. The van der Waals surface area contributed by atoms with E-state index in [1.807, 2.05) is 12.1 Å². The standard InChI is InChI=1S/C12H16N4S/c1-9(2)8-17-12-13-14-15-16(12)11-6-4-10(3)5-7-11/h4-7,9H,8H2,1-3H3. The Morgan fingerprint density at radius 3 is 2.59 bits per heavy atom. The number of rotatable bonds is 4. The molecule has 1 aromatic heterocycles. The van der Waals surface area contributed by atoms with Crippen molar-refractivity contribution in [1.29, 1.82) is 0 Å². The van der Waals surface area contributed by atoms with E-state index in [1.165, 1.54) is 5.56 Å². The first-order valence-electron chi connectivity index (χ1n) is 5.65. The van der Waals surface area contributed by atoms with Crippen molar-refractivity contribution in [2.75, 3.05) is 5.75 Å². The highest BCUT2D eigenvalue weighted by atomic mass is 32.2. The lowest BCUT2D eigenvalue weighted by molar-refractivity contribution is 0.735. The second-order valence-corrected chi connectivity index (χ2v) is 5.40. The molecule has 1 heterocycles. The number of hydrogen-bond acceptors (Lipinski definition) is 4. The second-order valence-electron chi connectivity index (χ2n) is 4.41. The van der Waals surface area contributed by atoms with Crippen molar-refractivity contribution in [3.63, 3.8) is 0 Å². The number of tetrazole rings is 1. The van der Waals surface area contributed by atoms with E-state index in [1.54, 1.807) is 16.4 Å². The van der Waals surface area contributed by atoms with Gasteiger partial charge >= 0.3 is 0 Å². The van der Waals surface area contributed by atoms with Crippen molar-refractivity contribution in [3.8, 4) is 5.69 Å². The molecule has 17 heavy (non-hydrogen) atoms. The zero-order chi connectivity index (χ0) is 12.3. The van der Waals surface area contributed by atoms with Crippen LogP contribution in [0.1, 0.15) is 19.4 Å². The van der Waals surface area contributed by atoms with Gasteiger partial charge in [-0.05, 0) is 35.4 Å². The second kappa shape index (κ2) is 5.31. The number of nitrogens with zero attached hydrogens (tertiary/aromatic N) is 4. The zero-order valence-corrected chi connectivity index (χ0v) is 11.1. The van der Waals surface area contributed by atoms with E-state index in [2.05, 4.69) is 48.4 Å². The minimum Gasteiger partial charge on any atom is -0.188 e. The van der Waals surface area contributed by atoms with Crippen LogP contribution in [0.3, 0.4) is 0 Å². The van der Waals surface area contributed by atoms with Gasteiger partial charge in [-0.3, -0.25) is 0 Å². The molecule has 2 aromatic rings. The molecule has 0 saturated carbocycles. The summed E-state index contributed by atoms with van der Waals surface area (Å²) in [6.45, 7) is 6.44. The Bertz CT molecular complexity index is 476. The summed E-state index contributed by atoms with van der Waals surface area (Å²) in [4.78, 5) is 0. The van der Waals surface area contributed by atoms with Crippen LogP contribution < -0.4 is 0 Å². The average molecular weight is 248 g/mol. The summed E-state index contributed by atoms with van der Waals surface area (Å²) >= 11 is 1.69. The van der Waals surface area contributed by atoms with Gasteiger partial charge < -0.3 is 0 Å². The summed E-state index contributed by atoms with van der Waals surface area (Å²) in [6.07, 6.45) is 0. The van der Waals surface area contributed by atoms with Crippen LogP contribution >= 0.6 is 11.8 Å². The van der Waals surface area contributed by atoms with Crippen molar-refractivity contribution in [1.82, 2.24) is 20.2 Å². The first-order valence-corrected chi connectivity index (χ1v) is 6.63. The maximum atomic E-state index is 4.05. The number of thioether (sulfide) groups is 1. The minimum atomic E-state index is 0.628. The molecule has 0 fully saturated rings. The van der Waals surface area contributed by atoms with Crippen LogP contribution in [-0.4, -0.2) is 26.0 Å². The molecule has 0 aliphatic carbocycles. The van der Waals surface area contributed by atoms with Crippen molar-refractivity contribution in [2.45, 2.75) is 25.9 Å². The molecule has 1 aromatic carbocycles. The Kier molecular flexibility index (Phi) is 3.78. The van der Waals surface area contributed by atoms with Crippen LogP contribution in [0.25, 0.3) is 5.69 Å². The smallest absolute Gasteiger partial charge is 0.188 e. The molecule has 0 radical (unpaired) electrons. The Labute approximate surface area is 105 Å². The number of benzene rings is 1. The van der Waals surface area contributed by atoms with Crippen molar-refractivity contribution >= 4 is 11.8 Å². The van der Waals surface area contributed by atoms with Crippen LogP contribution in [0.4, 0.5) is 0 Å². The maximum absolute atomic E-state index is 4.05. The van der Waals surface area contributed by atoms with Crippen LogP contribution in [0.15, 0.2) is 29.4 Å². The Morgan fingerprint density at radius 2 is 1.94 bits per heavy atom. The average Bonchev–Trinajstić information content (AvgIpc) is 2.75. The maximum Gasteiger partial charge on any atom is 0.214 e. The summed E-state index contributed by atoms with van der Waals surface area (Å²) in [6, 6.07) is 8.19. The van der Waals surface area contributed by atoms with Crippen molar-refractivity contribution in [3.05, 3.63) is 29.8 Å². The minimum absolute atomic E-state index is 0.628. The fraction of sp³-hybridized carbons (Fsp3) is 0.417. The lowest BCUT2D eigenvalue weighted by Crippen LogP contribution is -2.00. The van der Waals surface area contributed by atoms with Gasteiger partial charge in [-0.2, -0.15) is 4.68 Å². The molecule has 0 saturated heterocycles. The van der Waals surface area contributed by atoms with Gasteiger partial charge in [-0.15, -0.1) is 5.10 Å². The topological polar surface area (TPSA) is 43.6 Å². The molecular weight excluding hydrogens is 232 g/mol. The largest absolute Gasteiger partial charge is 0.214 e. The molecule has 0 aliphatic heterocycles. The highest BCUT2D eigenvalue weighted by Crippen LogP contribution is 2.20. The van der Waals surface area contributed by atoms with Gasteiger partial charge in [0.05, 0.1) is 5.69 Å². The third-order valence-electron chi connectivity index (χ3n) is 2.27. The number of hydrogen-bond donors (Lipinski definition) is 0. The van der Waals surface area contributed by atoms with E-state index in [0.29, 0.717) is 5.92 Å². The first kappa shape index (κ1) is 12.1. The summed E-state index contributed by atoms with van der Waals surface area (Å²) < 4.78 is 1.78. The van der Waals surface area contributed by atoms with Gasteiger partial charge in [-0.1, -0.05) is 43.3 Å². The fourth-order valence-electron chi connectivity index (χ4n) is 1.36. The van der Waals surface area contributed by atoms with E-state index in [4.69, 9.17) is 0 Å². The third kappa shape index (κ3) is 3.06. The summed E-state index contributed by atoms with van der Waals surface area (Å²) in [5, 5.41) is 12.7. The molecule has 0 atom stereocenters. The molecule has 4 nitrogen and oxygen atoms in total. The molecule has 5 heteroatoms. The van der Waals surface area contributed by atoms with Gasteiger partial charge in [0.25, 0.3) is 0 Å². The van der Waals surface area contributed by atoms with Crippen LogP contribution in [-0.2, 0) is 0 Å². The number of aryl methyl sites for hydroxylation is 1. The van der Waals surface area contributed by atoms with Crippen LogP contribution in [0.2, 0.25) is 0 Å². The summed E-state index contributed by atoms with van der Waals surface area (Å²) in [7, 11) is 0. The van der Waals surface area contributed by atoms with Crippen LogP contribution in [0, 0.1) is 12.8 Å². The van der Waals surface area contributed by atoms with Gasteiger partial charge in [0.1, 0.15) is 0 Å². The van der Waals surface area contributed by atoms with E-state index in [0.717, 1.165) is 16.6 Å². The first-order chi connectivity index (χ1) is 8.16. The molecule has 90 valence electrons. The Balaban J connectivity index is 2.21. The molecule has 2 rings (SSSR count). The lowest BCUT2D eigenvalue weighted by Gasteiger charge is -2.05. The fourth-order valence-corrected chi connectivity index (χ4v) is 2.20. The van der Waals surface area contributed by atoms with Crippen LogP contribution in [0.5, 0.6) is 0 Å². The lowest BCUT2D eigenvalue weighted by atomic mass is 10.2. The highest BCUT2D eigenvalue weighted by Gasteiger charge is 2.09. The summed E-state index contributed by atoms with van der Waals surface area (Å²) in [5.74, 6) is 1.65. The predicted octanol–water partition coefficient (Wildman–Crippen LogP) is 2.72. The molecule has 0 amide bonds. The highest BCUT2D eigenvalue weighted by molar-refractivity contribution is 7.99. The molecule has 0 spiro atoms. The molecule has 0 unspecified atom stereocenters. The quantitative estimate of drug-likeness (QED) is 0.780. The molecule has 0 aliphatic rings. The van der Waals surface area contributed by atoms with E-state index >= 15 is 0 Å². The number of aromatic nitrogens is 4. The third-order valence-corrected chi connectivity index (χ3v) is 3.61. The monoisotopic (exact) mass is 248 g/mol.